The maximum Gasteiger partial charge on any atom is 0.325 e. The molecule has 2 heterocycles. The quantitative estimate of drug-likeness (QED) is 0.0637. The van der Waals surface area contributed by atoms with Crippen molar-refractivity contribution in [2.75, 3.05) is 16.8 Å². The van der Waals surface area contributed by atoms with E-state index in [0.29, 0.717) is 35.0 Å². The molecule has 0 aliphatic carbocycles. The lowest BCUT2D eigenvalue weighted by molar-refractivity contribution is -0.746. The first-order valence-electron chi connectivity index (χ1n) is 16.0. The van der Waals surface area contributed by atoms with Crippen LogP contribution in [0.3, 0.4) is 0 Å². The van der Waals surface area contributed by atoms with Gasteiger partial charge in [-0.3, -0.25) is 19.0 Å². The Kier molecular flexibility index (Phi) is 10.4. The number of aryl methyl sites for hydroxylation is 1. The van der Waals surface area contributed by atoms with Crippen molar-refractivity contribution in [1.82, 2.24) is 10.2 Å². The first kappa shape index (κ1) is 33.7. The molecule has 1 atom stereocenters. The molecule has 1 unspecified atom stereocenters. The van der Waals surface area contributed by atoms with Gasteiger partial charge in [0.2, 0.25) is 11.2 Å². The molecule has 0 saturated carbocycles. The number of thiocarbonyl (C=S) groups is 1. The first-order chi connectivity index (χ1) is 24.3. The second-order valence-corrected chi connectivity index (χ2v) is 11.7. The zero-order valence-corrected chi connectivity index (χ0v) is 28.2. The molecule has 1 aliphatic heterocycles. The lowest BCUT2D eigenvalue weighted by atomic mass is 10.1. The number of benzene rings is 4. The van der Waals surface area contributed by atoms with Gasteiger partial charge in [0.1, 0.15) is 18.3 Å². The Morgan fingerprint density at radius 1 is 0.980 bits per heavy atom. The van der Waals surface area contributed by atoms with Crippen LogP contribution in [0.4, 0.5) is 17.3 Å². The van der Waals surface area contributed by atoms with E-state index in [1.165, 1.54) is 9.58 Å². The van der Waals surface area contributed by atoms with E-state index in [-0.39, 0.29) is 35.8 Å². The third kappa shape index (κ3) is 7.77. The van der Waals surface area contributed by atoms with Crippen LogP contribution in [-0.2, 0) is 23.2 Å². The van der Waals surface area contributed by atoms with Gasteiger partial charge in [-0.2, -0.15) is 0 Å². The van der Waals surface area contributed by atoms with Crippen molar-refractivity contribution in [1.29, 1.82) is 0 Å². The lowest BCUT2D eigenvalue weighted by Crippen LogP contribution is -2.42. The molecule has 12 heteroatoms. The average molecular weight is 687 g/mol. The fraction of sp³-hybridized carbons (Fsp3) is 0.158. The van der Waals surface area contributed by atoms with E-state index in [4.69, 9.17) is 21.5 Å². The fourth-order valence-electron chi connectivity index (χ4n) is 5.43. The first-order valence-corrected chi connectivity index (χ1v) is 16.4. The highest BCUT2D eigenvalue weighted by Crippen LogP contribution is 2.31. The van der Waals surface area contributed by atoms with Crippen LogP contribution in [0.5, 0.6) is 5.75 Å². The highest BCUT2D eigenvalue weighted by Gasteiger charge is 2.46. The number of carbonyl (C=O) groups excluding carboxylic acids is 2. The summed E-state index contributed by atoms with van der Waals surface area (Å²) in [5, 5.41) is 20.0. The Morgan fingerprint density at radius 2 is 1.62 bits per heavy atom. The molecule has 5 aromatic rings. The highest BCUT2D eigenvalue weighted by molar-refractivity contribution is 7.80. The van der Waals surface area contributed by atoms with Gasteiger partial charge in [-0.15, -0.1) is 0 Å². The maximum absolute atomic E-state index is 14.1. The molecule has 0 spiro atoms. The number of amides is 2. The summed E-state index contributed by atoms with van der Waals surface area (Å²) in [6.45, 7) is 2.37. The number of nitrogens with zero attached hydrogens (tertiary/aromatic N) is 5. The van der Waals surface area contributed by atoms with Crippen molar-refractivity contribution in [2.24, 2.45) is 12.0 Å². The maximum atomic E-state index is 14.1. The summed E-state index contributed by atoms with van der Waals surface area (Å²) < 4.78 is 12.4. The molecule has 252 valence electrons. The van der Waals surface area contributed by atoms with Gasteiger partial charge >= 0.3 is 5.88 Å². The monoisotopic (exact) mass is 686 g/mol. The number of ether oxygens (including phenoxy) is 1. The Hall–Kier alpha value is -6.14. The van der Waals surface area contributed by atoms with E-state index in [2.05, 4.69) is 15.6 Å². The van der Waals surface area contributed by atoms with Crippen molar-refractivity contribution >= 4 is 64.5 Å². The molecule has 1 saturated heterocycles. The van der Waals surface area contributed by atoms with E-state index >= 15 is 0 Å². The molecular weight excluding hydrogens is 653 g/mol. The van der Waals surface area contributed by atoms with Gasteiger partial charge in [0.25, 0.3) is 11.6 Å². The summed E-state index contributed by atoms with van der Waals surface area (Å²) >= 11 is 5.87. The molecule has 0 radical (unpaired) electrons. The molecule has 1 N–H and O–H groups in total. The number of aliphatic imine (C=N–C) groups is 1. The second-order valence-electron chi connectivity index (χ2n) is 11.4. The van der Waals surface area contributed by atoms with Crippen molar-refractivity contribution in [3.63, 3.8) is 0 Å². The van der Waals surface area contributed by atoms with Crippen LogP contribution < -0.4 is 24.7 Å². The molecule has 50 heavy (non-hydrogen) atoms. The molecule has 0 bridgehead atoms. The SMILES string of the molecule is CCOc1ccc(N2C(=O)C(CC(=O)Nc3ccc(/C=C/c4ccccc4)cc3)N(Cc3c(/N=C(\[O-])c4ccccc4)on[n+]3C)C2=S)cc1. The molecule has 1 fully saturated rings. The fourth-order valence-corrected chi connectivity index (χ4v) is 5.81. The van der Waals surface area contributed by atoms with Gasteiger partial charge < -0.3 is 20.1 Å². The predicted octanol–water partition coefficient (Wildman–Crippen LogP) is 5.04. The van der Waals surface area contributed by atoms with E-state index in [0.717, 1.165) is 11.1 Å². The number of hydrogen-bond donors (Lipinski definition) is 1. The molecular formula is C38H34N6O5S. The summed E-state index contributed by atoms with van der Waals surface area (Å²) in [4.78, 5) is 34.7. The van der Waals surface area contributed by atoms with Gasteiger partial charge in [0.05, 0.1) is 18.7 Å². The largest absolute Gasteiger partial charge is 0.858 e. The van der Waals surface area contributed by atoms with Crippen LogP contribution in [0.25, 0.3) is 12.2 Å². The third-order valence-electron chi connectivity index (χ3n) is 8.00. The lowest BCUT2D eigenvalue weighted by Gasteiger charge is -2.22. The van der Waals surface area contributed by atoms with Crippen LogP contribution in [0.1, 0.15) is 35.7 Å². The van der Waals surface area contributed by atoms with Crippen LogP contribution >= 0.6 is 12.2 Å². The van der Waals surface area contributed by atoms with Gasteiger partial charge in [0, 0.05) is 5.69 Å². The number of carbonyl (C=O) groups is 2. The summed E-state index contributed by atoms with van der Waals surface area (Å²) in [6, 6.07) is 32.0. The summed E-state index contributed by atoms with van der Waals surface area (Å²) in [7, 11) is 1.64. The van der Waals surface area contributed by atoms with Crippen molar-refractivity contribution in [3.8, 4) is 5.75 Å². The summed E-state index contributed by atoms with van der Waals surface area (Å²) in [5.74, 6) is -0.656. The zero-order valence-electron chi connectivity index (χ0n) is 27.4. The van der Waals surface area contributed by atoms with Gasteiger partial charge in [0.15, 0.2) is 12.2 Å². The normalized spacial score (nSPS) is 14.8. The van der Waals surface area contributed by atoms with Crippen molar-refractivity contribution in [2.45, 2.75) is 25.9 Å². The molecule has 1 aliphatic rings. The van der Waals surface area contributed by atoms with Crippen molar-refractivity contribution in [3.05, 3.63) is 132 Å². The van der Waals surface area contributed by atoms with E-state index in [9.17, 15) is 14.7 Å². The molecule has 1 aromatic heterocycles. The molecule has 11 nitrogen and oxygen atoms in total. The van der Waals surface area contributed by atoms with E-state index < -0.39 is 11.9 Å². The second kappa shape index (κ2) is 15.4. The standard InChI is InChI=1S/C38H34N6O5S/c1-3-48-31-22-20-30(21-23-31)44-37(47)32(24-34(45)39-29-18-16-27(17-19-29)15-14-26-10-6-4-7-11-26)43(38(44)50)25-33-36(49-41-42(33)2)40-35(46)28-12-8-5-9-13-28/h4-23,32H,3,24-25H2,1-2H3,(H-,39,40,41,45,46)/b15-14+. The van der Waals surface area contributed by atoms with Gasteiger partial charge in [-0.05, 0) is 82.8 Å². The number of nitrogens with one attached hydrogen (secondary N) is 1. The average Bonchev–Trinajstić information content (AvgIpc) is 3.59. The van der Waals surface area contributed by atoms with Crippen LogP contribution in [0.2, 0.25) is 0 Å². The minimum absolute atomic E-state index is 0.0145. The Balaban J connectivity index is 1.24. The predicted molar refractivity (Wildman–Crippen MR) is 192 cm³/mol. The zero-order chi connectivity index (χ0) is 35.0. The highest BCUT2D eigenvalue weighted by atomic mass is 32.1. The summed E-state index contributed by atoms with van der Waals surface area (Å²) in [6.07, 6.45) is 3.80. The van der Waals surface area contributed by atoms with E-state index in [1.807, 2.05) is 73.7 Å². The Labute approximate surface area is 294 Å². The Morgan fingerprint density at radius 3 is 2.28 bits per heavy atom. The number of aromatic nitrogens is 2. The number of hydrogen-bond acceptors (Lipinski definition) is 8. The topological polar surface area (TPSA) is 127 Å². The van der Waals surface area contributed by atoms with E-state index in [1.54, 1.807) is 66.5 Å². The minimum atomic E-state index is -0.977. The molecule has 6 rings (SSSR count). The molecule has 2 amide bonds. The van der Waals surface area contributed by atoms with Gasteiger partial charge in [-0.1, -0.05) is 84.9 Å². The van der Waals surface area contributed by atoms with Crippen LogP contribution in [-0.4, -0.2) is 45.6 Å². The smallest absolute Gasteiger partial charge is 0.325 e. The minimum Gasteiger partial charge on any atom is -0.858 e. The summed E-state index contributed by atoms with van der Waals surface area (Å²) in [5.41, 5.74) is 3.92. The third-order valence-corrected chi connectivity index (χ3v) is 8.41. The van der Waals surface area contributed by atoms with Gasteiger partial charge in [-0.25, -0.2) is 4.99 Å². The Bertz CT molecular complexity index is 2030. The molecule has 4 aromatic carbocycles. The number of rotatable bonds is 12. The number of anilines is 2. The van der Waals surface area contributed by atoms with Crippen molar-refractivity contribution < 1.29 is 28.6 Å². The van der Waals surface area contributed by atoms with Crippen LogP contribution in [0, 0.1) is 0 Å². The van der Waals surface area contributed by atoms with Crippen LogP contribution in [0.15, 0.2) is 119 Å².